The first-order chi connectivity index (χ1) is 12.7. The quantitative estimate of drug-likeness (QED) is 0.814. The van der Waals surface area contributed by atoms with E-state index in [9.17, 15) is 9.59 Å². The van der Waals surface area contributed by atoms with Crippen LogP contribution in [0.15, 0.2) is 17.2 Å². The highest BCUT2D eigenvalue weighted by Gasteiger charge is 2.27. The van der Waals surface area contributed by atoms with Crippen LogP contribution in [-0.2, 0) is 4.79 Å². The highest BCUT2D eigenvalue weighted by atomic mass is 32.2. The first-order valence-electron chi connectivity index (χ1n) is 9.26. The molecule has 3 heterocycles. The fourth-order valence-corrected chi connectivity index (χ4v) is 4.55. The molecule has 1 aliphatic carbocycles. The maximum atomic E-state index is 11.7. The first kappa shape index (κ1) is 17.5. The van der Waals surface area contributed by atoms with Crippen molar-refractivity contribution in [1.29, 1.82) is 0 Å². The van der Waals surface area contributed by atoms with Gasteiger partial charge >= 0.3 is 0 Å². The highest BCUT2D eigenvalue weighted by Crippen LogP contribution is 2.26. The van der Waals surface area contributed by atoms with Crippen LogP contribution in [0.2, 0.25) is 0 Å². The van der Waals surface area contributed by atoms with Gasteiger partial charge in [-0.05, 0) is 36.7 Å². The molecule has 7 nitrogen and oxygen atoms in total. The minimum atomic E-state index is -0.360. The number of hydrogen-bond donors (Lipinski definition) is 1. The number of amides is 2. The van der Waals surface area contributed by atoms with Gasteiger partial charge in [-0.3, -0.25) is 19.8 Å². The third kappa shape index (κ3) is 3.91. The van der Waals surface area contributed by atoms with Gasteiger partial charge in [0.05, 0.1) is 10.6 Å². The van der Waals surface area contributed by atoms with Crippen molar-refractivity contribution < 1.29 is 9.59 Å². The molecule has 0 atom stereocenters. The summed E-state index contributed by atoms with van der Waals surface area (Å²) in [7, 11) is 0. The molecule has 0 bridgehead atoms. The van der Waals surface area contributed by atoms with E-state index in [0.717, 1.165) is 44.0 Å². The summed E-state index contributed by atoms with van der Waals surface area (Å²) in [6.45, 7) is 3.94. The van der Waals surface area contributed by atoms with Crippen molar-refractivity contribution in [3.8, 4) is 0 Å². The minimum Gasteiger partial charge on any atom is -0.338 e. The molecule has 1 saturated carbocycles. The molecule has 138 valence electrons. The van der Waals surface area contributed by atoms with Crippen LogP contribution < -0.4 is 10.2 Å². The van der Waals surface area contributed by atoms with Gasteiger partial charge in [0.15, 0.2) is 0 Å². The first-order valence-corrected chi connectivity index (χ1v) is 10.1. The van der Waals surface area contributed by atoms with Crippen LogP contribution in [-0.4, -0.2) is 58.2 Å². The Morgan fingerprint density at radius 1 is 1.12 bits per heavy atom. The van der Waals surface area contributed by atoms with Crippen LogP contribution in [0.5, 0.6) is 0 Å². The van der Waals surface area contributed by atoms with Gasteiger partial charge in [-0.1, -0.05) is 19.3 Å². The number of carbonyl (C=O) groups excluding carboxylic acids is 2. The normalized spacial score (nSPS) is 24.3. The maximum Gasteiger partial charge on any atom is 0.290 e. The second-order valence-electron chi connectivity index (χ2n) is 6.95. The summed E-state index contributed by atoms with van der Waals surface area (Å²) in [5.74, 6) is 0.332. The van der Waals surface area contributed by atoms with Crippen molar-refractivity contribution in [2.24, 2.45) is 0 Å². The summed E-state index contributed by atoms with van der Waals surface area (Å²) in [6.07, 6.45) is 10.1. The monoisotopic (exact) mass is 373 g/mol. The van der Waals surface area contributed by atoms with Crippen molar-refractivity contribution in [2.75, 3.05) is 31.1 Å². The van der Waals surface area contributed by atoms with Crippen molar-refractivity contribution in [3.63, 3.8) is 0 Å². The van der Waals surface area contributed by atoms with Crippen molar-refractivity contribution >= 4 is 34.9 Å². The number of nitrogens with zero attached hydrogens (tertiary/aromatic N) is 4. The number of rotatable bonds is 3. The second-order valence-corrected chi connectivity index (χ2v) is 7.96. The molecule has 0 spiro atoms. The lowest BCUT2D eigenvalue weighted by Crippen LogP contribution is -2.51. The van der Waals surface area contributed by atoms with Crippen LogP contribution in [0, 0.1) is 0 Å². The van der Waals surface area contributed by atoms with E-state index in [0.29, 0.717) is 16.5 Å². The lowest BCUT2D eigenvalue weighted by atomic mass is 9.94. The SMILES string of the molecule is O=C1NC(=O)C(=Cc2ccnc(N3CCN(C4CCCCC4)CC3)n2)S1. The van der Waals surface area contributed by atoms with Gasteiger partial charge in [0.25, 0.3) is 11.1 Å². The Labute approximate surface area is 157 Å². The van der Waals surface area contributed by atoms with Crippen LogP contribution >= 0.6 is 11.8 Å². The average molecular weight is 373 g/mol. The third-order valence-electron chi connectivity index (χ3n) is 5.27. The molecule has 2 saturated heterocycles. The number of imide groups is 1. The van der Waals surface area contributed by atoms with Gasteiger partial charge < -0.3 is 4.90 Å². The Morgan fingerprint density at radius 2 is 1.88 bits per heavy atom. The van der Waals surface area contributed by atoms with Crippen molar-refractivity contribution in [3.05, 3.63) is 22.9 Å². The smallest absolute Gasteiger partial charge is 0.290 e. The minimum absolute atomic E-state index is 0.339. The number of anilines is 1. The number of hydrogen-bond acceptors (Lipinski definition) is 7. The molecule has 3 fully saturated rings. The Bertz CT molecular complexity index is 724. The molecule has 0 radical (unpaired) electrons. The van der Waals surface area contributed by atoms with Crippen molar-refractivity contribution in [1.82, 2.24) is 20.2 Å². The Morgan fingerprint density at radius 3 is 2.58 bits per heavy atom. The van der Waals surface area contributed by atoms with E-state index in [-0.39, 0.29) is 11.1 Å². The standard InChI is InChI=1S/C18H23N5O2S/c24-16-15(26-18(25)21-16)12-13-6-7-19-17(20-13)23-10-8-22(9-11-23)14-4-2-1-3-5-14/h6-7,12,14H,1-5,8-11H2,(H,21,24,25). The van der Waals surface area contributed by atoms with Gasteiger partial charge in [0.1, 0.15) is 0 Å². The summed E-state index contributed by atoms with van der Waals surface area (Å²) in [4.78, 5) is 37.1. The molecule has 2 aliphatic heterocycles. The van der Waals surface area contributed by atoms with E-state index in [1.807, 2.05) is 0 Å². The van der Waals surface area contributed by atoms with Gasteiger partial charge in [-0.2, -0.15) is 0 Å². The fourth-order valence-electron chi connectivity index (χ4n) is 3.88. The Balaban J connectivity index is 1.40. The molecule has 3 aliphatic rings. The van der Waals surface area contributed by atoms with E-state index in [2.05, 4.69) is 25.1 Å². The summed E-state index contributed by atoms with van der Waals surface area (Å²) < 4.78 is 0. The zero-order valence-electron chi connectivity index (χ0n) is 14.7. The van der Waals surface area contributed by atoms with Crippen LogP contribution in [0.3, 0.4) is 0 Å². The fraction of sp³-hybridized carbons (Fsp3) is 0.556. The molecule has 1 aromatic heterocycles. The molecule has 4 rings (SSSR count). The summed E-state index contributed by atoms with van der Waals surface area (Å²) in [5.41, 5.74) is 0.650. The number of carbonyl (C=O) groups is 2. The molecule has 0 aromatic carbocycles. The van der Waals surface area contributed by atoms with Gasteiger partial charge in [0.2, 0.25) is 5.95 Å². The zero-order valence-corrected chi connectivity index (χ0v) is 15.5. The lowest BCUT2D eigenvalue weighted by molar-refractivity contribution is -0.115. The third-order valence-corrected chi connectivity index (χ3v) is 6.08. The molecular weight excluding hydrogens is 350 g/mol. The molecule has 1 aromatic rings. The number of aromatic nitrogens is 2. The predicted octanol–water partition coefficient (Wildman–Crippen LogP) is 2.26. The highest BCUT2D eigenvalue weighted by molar-refractivity contribution is 8.18. The summed E-state index contributed by atoms with van der Waals surface area (Å²) >= 11 is 0.907. The topological polar surface area (TPSA) is 78.4 Å². The lowest BCUT2D eigenvalue weighted by Gasteiger charge is -2.40. The molecular formula is C18H23N5O2S. The second kappa shape index (κ2) is 7.75. The number of piperazine rings is 1. The predicted molar refractivity (Wildman–Crippen MR) is 102 cm³/mol. The van der Waals surface area contributed by atoms with E-state index in [1.165, 1.54) is 32.1 Å². The van der Waals surface area contributed by atoms with Gasteiger partial charge in [0, 0.05) is 38.4 Å². The zero-order chi connectivity index (χ0) is 17.9. The van der Waals surface area contributed by atoms with E-state index >= 15 is 0 Å². The largest absolute Gasteiger partial charge is 0.338 e. The number of nitrogens with one attached hydrogen (secondary N) is 1. The molecule has 2 amide bonds. The van der Waals surface area contributed by atoms with Gasteiger partial charge in [-0.25, -0.2) is 9.97 Å². The summed E-state index contributed by atoms with van der Waals surface area (Å²) in [5, 5.41) is 1.92. The molecule has 8 heteroatoms. The van der Waals surface area contributed by atoms with E-state index in [1.54, 1.807) is 18.3 Å². The maximum absolute atomic E-state index is 11.7. The Hall–Kier alpha value is -1.93. The van der Waals surface area contributed by atoms with Crippen LogP contribution in [0.1, 0.15) is 37.8 Å². The van der Waals surface area contributed by atoms with Crippen molar-refractivity contribution in [2.45, 2.75) is 38.1 Å². The average Bonchev–Trinajstić information content (AvgIpc) is 3.00. The molecule has 0 unspecified atom stereocenters. The summed E-state index contributed by atoms with van der Waals surface area (Å²) in [6, 6.07) is 2.50. The van der Waals surface area contributed by atoms with E-state index in [4.69, 9.17) is 0 Å². The molecule has 1 N–H and O–H groups in total. The Kier molecular flexibility index (Phi) is 5.21. The van der Waals surface area contributed by atoms with Crippen LogP contribution in [0.4, 0.5) is 10.7 Å². The van der Waals surface area contributed by atoms with E-state index < -0.39 is 0 Å². The van der Waals surface area contributed by atoms with Gasteiger partial charge in [-0.15, -0.1) is 0 Å². The van der Waals surface area contributed by atoms with Crippen LogP contribution in [0.25, 0.3) is 6.08 Å². The number of thioether (sulfide) groups is 1. The molecule has 26 heavy (non-hydrogen) atoms.